The summed E-state index contributed by atoms with van der Waals surface area (Å²) in [4.78, 5) is 14.4. The summed E-state index contributed by atoms with van der Waals surface area (Å²) in [5.74, 6) is 0.0964. The van der Waals surface area contributed by atoms with E-state index in [4.69, 9.17) is 22.1 Å². The predicted octanol–water partition coefficient (Wildman–Crippen LogP) is 1.85. The number of carbonyl (C=O) groups is 1. The fraction of sp³-hybridized carbons (Fsp3) is 0.533. The number of hydrogen-bond donors (Lipinski definition) is 1. The molecule has 2 rings (SSSR count). The number of ether oxygens (including phenoxy) is 1. The average Bonchev–Trinajstić information content (AvgIpc) is 2.41. The van der Waals surface area contributed by atoms with E-state index < -0.39 is 0 Å². The second-order valence-corrected chi connectivity index (χ2v) is 6.23. The van der Waals surface area contributed by atoms with E-state index in [1.807, 2.05) is 30.9 Å². The largest absolute Gasteiger partial charge is 0.373 e. The van der Waals surface area contributed by atoms with Gasteiger partial charge in [0.05, 0.1) is 24.7 Å². The number of halogens is 1. The van der Waals surface area contributed by atoms with Gasteiger partial charge in [-0.15, -0.1) is 0 Å². The number of nitrogens with two attached hydrogens (primary N) is 1. The van der Waals surface area contributed by atoms with E-state index in [0.717, 1.165) is 5.56 Å². The maximum absolute atomic E-state index is 12.5. The van der Waals surface area contributed by atoms with Crippen LogP contribution in [0.1, 0.15) is 19.4 Å². The maximum Gasteiger partial charge on any atom is 0.227 e. The van der Waals surface area contributed by atoms with E-state index in [1.54, 1.807) is 12.1 Å². The van der Waals surface area contributed by atoms with E-state index in [2.05, 4.69) is 0 Å². The van der Waals surface area contributed by atoms with Crippen molar-refractivity contribution in [2.45, 2.75) is 31.9 Å². The van der Waals surface area contributed by atoms with Crippen LogP contribution in [0.5, 0.6) is 0 Å². The minimum Gasteiger partial charge on any atom is -0.373 e. The molecule has 0 aliphatic carbocycles. The van der Waals surface area contributed by atoms with Crippen LogP contribution >= 0.6 is 11.6 Å². The Balaban J connectivity index is 2.07. The summed E-state index contributed by atoms with van der Waals surface area (Å²) in [5, 5.41) is 0.677. The summed E-state index contributed by atoms with van der Waals surface area (Å²) in [7, 11) is 0. The first kappa shape index (κ1) is 15.3. The molecule has 1 amide bonds. The van der Waals surface area contributed by atoms with Gasteiger partial charge in [0.25, 0.3) is 0 Å². The Hall–Kier alpha value is -1.10. The van der Waals surface area contributed by atoms with Crippen LogP contribution in [-0.2, 0) is 16.0 Å². The van der Waals surface area contributed by atoms with Crippen molar-refractivity contribution in [3.05, 3.63) is 34.9 Å². The van der Waals surface area contributed by atoms with Gasteiger partial charge in [0.1, 0.15) is 0 Å². The third kappa shape index (κ3) is 3.51. The van der Waals surface area contributed by atoms with Crippen LogP contribution in [-0.4, -0.2) is 42.1 Å². The molecule has 0 radical (unpaired) electrons. The normalized spacial score (nSPS) is 21.8. The van der Waals surface area contributed by atoms with Gasteiger partial charge in [-0.3, -0.25) is 4.79 Å². The number of hydrogen-bond acceptors (Lipinski definition) is 3. The van der Waals surface area contributed by atoms with E-state index in [0.29, 0.717) is 31.1 Å². The van der Waals surface area contributed by atoms with Gasteiger partial charge in [0.2, 0.25) is 5.91 Å². The van der Waals surface area contributed by atoms with E-state index >= 15 is 0 Å². The number of carbonyl (C=O) groups excluding carboxylic acids is 1. The first-order valence-electron chi connectivity index (χ1n) is 6.79. The van der Waals surface area contributed by atoms with E-state index in [9.17, 15) is 4.79 Å². The van der Waals surface area contributed by atoms with E-state index in [1.165, 1.54) is 0 Å². The molecule has 0 aromatic heterocycles. The quantitative estimate of drug-likeness (QED) is 0.926. The molecule has 1 aliphatic rings. The zero-order valence-electron chi connectivity index (χ0n) is 11.9. The lowest BCUT2D eigenvalue weighted by Crippen LogP contribution is -2.59. The molecule has 20 heavy (non-hydrogen) atoms. The zero-order valence-corrected chi connectivity index (χ0v) is 12.7. The summed E-state index contributed by atoms with van der Waals surface area (Å²) in [6.07, 6.45) is 0.301. The highest BCUT2D eigenvalue weighted by Gasteiger charge is 2.37. The smallest absolute Gasteiger partial charge is 0.227 e. The number of rotatable bonds is 3. The third-order valence-electron chi connectivity index (χ3n) is 3.62. The molecule has 110 valence electrons. The average molecular weight is 297 g/mol. The second-order valence-electron chi connectivity index (χ2n) is 5.79. The Labute approximate surface area is 124 Å². The van der Waals surface area contributed by atoms with Crippen LogP contribution in [0.4, 0.5) is 0 Å². The molecule has 4 nitrogen and oxygen atoms in total. The summed E-state index contributed by atoms with van der Waals surface area (Å²) >= 11 is 5.85. The molecule has 1 atom stereocenters. The molecule has 1 unspecified atom stereocenters. The molecule has 0 bridgehead atoms. The Morgan fingerprint density at radius 1 is 1.45 bits per heavy atom. The minimum atomic E-state index is -0.296. The molecular weight excluding hydrogens is 276 g/mol. The summed E-state index contributed by atoms with van der Waals surface area (Å²) in [5.41, 5.74) is 6.31. The van der Waals surface area contributed by atoms with Crippen LogP contribution in [0.2, 0.25) is 5.02 Å². The lowest BCUT2D eigenvalue weighted by atomic mass is 9.99. The van der Waals surface area contributed by atoms with Gasteiger partial charge in [-0.05, 0) is 31.5 Å². The van der Waals surface area contributed by atoms with Gasteiger partial charge in [0.15, 0.2) is 0 Å². The maximum atomic E-state index is 12.5. The number of amides is 1. The van der Waals surface area contributed by atoms with E-state index in [-0.39, 0.29) is 17.6 Å². The number of benzene rings is 1. The first-order chi connectivity index (χ1) is 9.42. The van der Waals surface area contributed by atoms with Crippen molar-refractivity contribution in [1.29, 1.82) is 0 Å². The molecule has 1 fully saturated rings. The van der Waals surface area contributed by atoms with Crippen molar-refractivity contribution in [3.63, 3.8) is 0 Å². The van der Waals surface area contributed by atoms with Crippen LogP contribution in [0, 0.1) is 0 Å². The summed E-state index contributed by atoms with van der Waals surface area (Å²) in [6.45, 7) is 5.52. The summed E-state index contributed by atoms with van der Waals surface area (Å²) in [6, 6.07) is 7.37. The Bertz CT molecular complexity index is 473. The monoisotopic (exact) mass is 296 g/mol. The van der Waals surface area contributed by atoms with Crippen LogP contribution in [0.25, 0.3) is 0 Å². The molecule has 1 heterocycles. The van der Waals surface area contributed by atoms with Crippen molar-refractivity contribution >= 4 is 17.5 Å². The van der Waals surface area contributed by atoms with Gasteiger partial charge in [-0.25, -0.2) is 0 Å². The highest BCUT2D eigenvalue weighted by atomic mass is 35.5. The first-order valence-corrected chi connectivity index (χ1v) is 7.17. The molecule has 1 aromatic rings. The fourth-order valence-electron chi connectivity index (χ4n) is 2.36. The predicted molar refractivity (Wildman–Crippen MR) is 79.7 cm³/mol. The van der Waals surface area contributed by atoms with Crippen molar-refractivity contribution in [2.75, 3.05) is 19.7 Å². The molecule has 1 saturated heterocycles. The molecule has 0 saturated carbocycles. The van der Waals surface area contributed by atoms with Crippen LogP contribution in [0.3, 0.4) is 0 Å². The minimum absolute atomic E-state index is 0.0720. The second kappa shape index (κ2) is 6.12. The van der Waals surface area contributed by atoms with Gasteiger partial charge in [-0.2, -0.15) is 0 Å². The molecule has 1 aliphatic heterocycles. The van der Waals surface area contributed by atoms with Crippen molar-refractivity contribution < 1.29 is 9.53 Å². The SMILES string of the molecule is CC1(C)COC(CN)CN1C(=O)Cc1ccc(Cl)cc1. The van der Waals surface area contributed by atoms with Crippen molar-refractivity contribution in [1.82, 2.24) is 4.90 Å². The van der Waals surface area contributed by atoms with Gasteiger partial charge in [0, 0.05) is 18.1 Å². The zero-order chi connectivity index (χ0) is 14.8. The van der Waals surface area contributed by atoms with Crippen LogP contribution in [0.15, 0.2) is 24.3 Å². The fourth-order valence-corrected chi connectivity index (χ4v) is 2.48. The number of morpholine rings is 1. The van der Waals surface area contributed by atoms with Gasteiger partial charge < -0.3 is 15.4 Å². The lowest BCUT2D eigenvalue weighted by molar-refractivity contribution is -0.152. The standard InChI is InChI=1S/C15H21ClN2O2/c1-15(2)10-20-13(8-17)9-18(15)14(19)7-11-3-5-12(16)6-4-11/h3-6,13H,7-10,17H2,1-2H3. The van der Waals surface area contributed by atoms with Crippen molar-refractivity contribution in [2.24, 2.45) is 5.73 Å². The van der Waals surface area contributed by atoms with Gasteiger partial charge >= 0.3 is 0 Å². The Morgan fingerprint density at radius 3 is 2.70 bits per heavy atom. The van der Waals surface area contributed by atoms with Gasteiger partial charge in [-0.1, -0.05) is 23.7 Å². The lowest BCUT2D eigenvalue weighted by Gasteiger charge is -2.45. The van der Waals surface area contributed by atoms with Crippen molar-refractivity contribution in [3.8, 4) is 0 Å². The highest BCUT2D eigenvalue weighted by molar-refractivity contribution is 6.30. The highest BCUT2D eigenvalue weighted by Crippen LogP contribution is 2.23. The molecular formula is C15H21ClN2O2. The topological polar surface area (TPSA) is 55.6 Å². The summed E-state index contributed by atoms with van der Waals surface area (Å²) < 4.78 is 5.65. The molecule has 1 aromatic carbocycles. The van der Waals surface area contributed by atoms with Crippen LogP contribution < -0.4 is 5.73 Å². The Kier molecular flexibility index (Phi) is 4.68. The molecule has 2 N–H and O–H groups in total. The number of nitrogens with zero attached hydrogens (tertiary/aromatic N) is 1. The molecule has 0 spiro atoms. The Morgan fingerprint density at radius 2 is 2.10 bits per heavy atom. The molecule has 5 heteroatoms. The third-order valence-corrected chi connectivity index (χ3v) is 3.87.